The fourth-order valence-corrected chi connectivity index (χ4v) is 2.68. The highest BCUT2D eigenvalue weighted by molar-refractivity contribution is 4.87. The molecule has 2 aliphatic rings. The first-order valence-electron chi connectivity index (χ1n) is 5.41. The third kappa shape index (κ3) is 2.22. The SMILES string of the molecule is CN(C)NC1CCN2CCCC1C2. The second-order valence-corrected chi connectivity index (χ2v) is 4.62. The molecule has 2 fully saturated rings. The van der Waals surface area contributed by atoms with Gasteiger partial charge in [-0.3, -0.25) is 10.4 Å². The van der Waals surface area contributed by atoms with E-state index in [1.54, 1.807) is 0 Å². The van der Waals surface area contributed by atoms with Crippen molar-refractivity contribution in [2.45, 2.75) is 25.3 Å². The van der Waals surface area contributed by atoms with Crippen LogP contribution in [-0.2, 0) is 0 Å². The van der Waals surface area contributed by atoms with Crippen LogP contribution in [0.25, 0.3) is 0 Å². The molecule has 76 valence electrons. The van der Waals surface area contributed by atoms with Gasteiger partial charge in [0.05, 0.1) is 0 Å². The first-order valence-corrected chi connectivity index (χ1v) is 5.41. The predicted molar refractivity (Wildman–Crippen MR) is 54.4 cm³/mol. The predicted octanol–water partition coefficient (Wildman–Crippen LogP) is 0.537. The van der Waals surface area contributed by atoms with E-state index in [9.17, 15) is 0 Å². The van der Waals surface area contributed by atoms with Crippen LogP contribution in [0.2, 0.25) is 0 Å². The number of nitrogens with zero attached hydrogens (tertiary/aromatic N) is 2. The summed E-state index contributed by atoms with van der Waals surface area (Å²) in [7, 11) is 4.18. The third-order valence-electron chi connectivity index (χ3n) is 3.29. The Hall–Kier alpha value is -0.120. The molecule has 0 saturated carbocycles. The lowest BCUT2D eigenvalue weighted by molar-refractivity contribution is 0.0616. The van der Waals surface area contributed by atoms with Crippen molar-refractivity contribution < 1.29 is 0 Å². The molecule has 0 aliphatic carbocycles. The van der Waals surface area contributed by atoms with Crippen LogP contribution in [0.15, 0.2) is 0 Å². The zero-order chi connectivity index (χ0) is 9.26. The number of hydrazine groups is 1. The van der Waals surface area contributed by atoms with E-state index in [0.29, 0.717) is 0 Å². The largest absolute Gasteiger partial charge is 0.303 e. The maximum atomic E-state index is 3.54. The van der Waals surface area contributed by atoms with Crippen LogP contribution in [0.4, 0.5) is 0 Å². The van der Waals surface area contributed by atoms with E-state index in [0.717, 1.165) is 12.0 Å². The highest BCUT2D eigenvalue weighted by atomic mass is 15.5. The number of piperidine rings is 2. The van der Waals surface area contributed by atoms with Crippen molar-refractivity contribution in [1.29, 1.82) is 0 Å². The van der Waals surface area contributed by atoms with Gasteiger partial charge in [-0.25, -0.2) is 0 Å². The molecule has 2 aliphatic heterocycles. The highest BCUT2D eigenvalue weighted by Gasteiger charge is 2.31. The van der Waals surface area contributed by atoms with E-state index >= 15 is 0 Å². The molecular formula is C10H21N3. The summed E-state index contributed by atoms with van der Waals surface area (Å²) in [5.74, 6) is 0.893. The maximum absolute atomic E-state index is 3.54. The van der Waals surface area contributed by atoms with Crippen molar-refractivity contribution in [2.24, 2.45) is 5.92 Å². The van der Waals surface area contributed by atoms with Gasteiger partial charge in [0, 0.05) is 26.7 Å². The second-order valence-electron chi connectivity index (χ2n) is 4.62. The Morgan fingerprint density at radius 3 is 2.85 bits per heavy atom. The van der Waals surface area contributed by atoms with E-state index in [1.807, 2.05) is 0 Å². The molecule has 2 heterocycles. The fourth-order valence-electron chi connectivity index (χ4n) is 2.68. The minimum Gasteiger partial charge on any atom is -0.303 e. The Morgan fingerprint density at radius 1 is 1.23 bits per heavy atom. The van der Waals surface area contributed by atoms with Crippen molar-refractivity contribution >= 4 is 0 Å². The van der Waals surface area contributed by atoms with Crippen molar-refractivity contribution in [3.05, 3.63) is 0 Å². The van der Waals surface area contributed by atoms with Gasteiger partial charge in [-0.15, -0.1) is 0 Å². The van der Waals surface area contributed by atoms with Gasteiger partial charge >= 0.3 is 0 Å². The Balaban J connectivity index is 1.90. The van der Waals surface area contributed by atoms with Crippen LogP contribution < -0.4 is 5.43 Å². The van der Waals surface area contributed by atoms with Gasteiger partial charge < -0.3 is 4.90 Å². The number of nitrogens with one attached hydrogen (secondary N) is 1. The quantitative estimate of drug-likeness (QED) is 0.630. The second kappa shape index (κ2) is 3.95. The van der Waals surface area contributed by atoms with Gasteiger partial charge in [0.25, 0.3) is 0 Å². The summed E-state index contributed by atoms with van der Waals surface area (Å²) >= 11 is 0. The molecule has 1 N–H and O–H groups in total. The van der Waals surface area contributed by atoms with Gasteiger partial charge in [0.1, 0.15) is 0 Å². The number of hydrogen-bond donors (Lipinski definition) is 1. The Labute approximate surface area is 81.1 Å². The minimum absolute atomic E-state index is 0.728. The van der Waals surface area contributed by atoms with Crippen LogP contribution in [0, 0.1) is 5.92 Å². The molecule has 3 nitrogen and oxygen atoms in total. The molecule has 0 radical (unpaired) electrons. The molecule has 3 unspecified atom stereocenters. The van der Waals surface area contributed by atoms with Crippen LogP contribution in [0.1, 0.15) is 19.3 Å². The molecule has 2 bridgehead atoms. The van der Waals surface area contributed by atoms with E-state index in [4.69, 9.17) is 0 Å². The fraction of sp³-hybridized carbons (Fsp3) is 1.00. The number of fused-ring (bicyclic) bond motifs is 2. The van der Waals surface area contributed by atoms with Gasteiger partial charge in [-0.05, 0) is 38.3 Å². The summed E-state index contributed by atoms with van der Waals surface area (Å²) in [6.07, 6.45) is 4.14. The molecule has 0 spiro atoms. The molecule has 2 saturated heterocycles. The topological polar surface area (TPSA) is 18.5 Å². The van der Waals surface area contributed by atoms with Crippen molar-refractivity contribution in [3.63, 3.8) is 0 Å². The zero-order valence-electron chi connectivity index (χ0n) is 8.79. The van der Waals surface area contributed by atoms with E-state index in [-0.39, 0.29) is 0 Å². The molecule has 0 aromatic carbocycles. The van der Waals surface area contributed by atoms with Crippen molar-refractivity contribution in [3.8, 4) is 0 Å². The normalized spacial score (nSPS) is 39.5. The van der Waals surface area contributed by atoms with Gasteiger partial charge in [-0.1, -0.05) is 0 Å². The standard InChI is InChI=1S/C10H21N3/c1-12(2)11-10-5-7-13-6-3-4-9(10)8-13/h9-11H,3-8H2,1-2H3. The number of hydrogen-bond acceptors (Lipinski definition) is 3. The first kappa shape index (κ1) is 9.44. The van der Waals surface area contributed by atoms with E-state index in [2.05, 4.69) is 29.4 Å². The molecule has 13 heavy (non-hydrogen) atoms. The van der Waals surface area contributed by atoms with Gasteiger partial charge in [0.2, 0.25) is 0 Å². The summed E-state index contributed by atoms with van der Waals surface area (Å²) in [4.78, 5) is 2.61. The lowest BCUT2D eigenvalue weighted by atomic mass is 9.85. The van der Waals surface area contributed by atoms with Crippen LogP contribution in [0.3, 0.4) is 0 Å². The number of rotatable bonds is 2. The monoisotopic (exact) mass is 183 g/mol. The minimum atomic E-state index is 0.728. The van der Waals surface area contributed by atoms with Gasteiger partial charge in [-0.2, -0.15) is 0 Å². The summed E-state index contributed by atoms with van der Waals surface area (Å²) in [6.45, 7) is 3.96. The summed E-state index contributed by atoms with van der Waals surface area (Å²) in [6, 6.07) is 0.728. The van der Waals surface area contributed by atoms with E-state index < -0.39 is 0 Å². The molecule has 0 aromatic rings. The molecule has 0 amide bonds. The van der Waals surface area contributed by atoms with Gasteiger partial charge in [0.15, 0.2) is 0 Å². The summed E-state index contributed by atoms with van der Waals surface area (Å²) in [5, 5.41) is 2.11. The lowest BCUT2D eigenvalue weighted by Gasteiger charge is -2.43. The Kier molecular flexibility index (Phi) is 2.86. The van der Waals surface area contributed by atoms with E-state index in [1.165, 1.54) is 38.9 Å². The third-order valence-corrected chi connectivity index (χ3v) is 3.29. The molecular weight excluding hydrogens is 162 g/mol. The lowest BCUT2D eigenvalue weighted by Crippen LogP contribution is -2.54. The highest BCUT2D eigenvalue weighted by Crippen LogP contribution is 2.26. The summed E-state index contributed by atoms with van der Waals surface area (Å²) in [5.41, 5.74) is 3.54. The van der Waals surface area contributed by atoms with Crippen molar-refractivity contribution in [1.82, 2.24) is 15.3 Å². The molecule has 3 heteroatoms. The molecule has 0 aromatic heterocycles. The molecule has 2 rings (SSSR count). The Bertz CT molecular complexity index is 170. The van der Waals surface area contributed by atoms with Crippen LogP contribution >= 0.6 is 0 Å². The first-order chi connectivity index (χ1) is 6.25. The molecule has 3 atom stereocenters. The Morgan fingerprint density at radius 2 is 2.08 bits per heavy atom. The average molecular weight is 183 g/mol. The van der Waals surface area contributed by atoms with Crippen LogP contribution in [-0.4, -0.2) is 49.7 Å². The summed E-state index contributed by atoms with van der Waals surface area (Å²) < 4.78 is 0. The van der Waals surface area contributed by atoms with Crippen LogP contribution in [0.5, 0.6) is 0 Å². The van der Waals surface area contributed by atoms with Crippen molar-refractivity contribution in [2.75, 3.05) is 33.7 Å². The average Bonchev–Trinajstić information content (AvgIpc) is 2.10. The zero-order valence-corrected chi connectivity index (χ0v) is 8.79. The maximum Gasteiger partial charge on any atom is 0.0267 e. The smallest absolute Gasteiger partial charge is 0.0267 e.